The van der Waals surface area contributed by atoms with Crippen molar-refractivity contribution in [3.63, 3.8) is 0 Å². The molecule has 1 atom stereocenters. The third-order valence-corrected chi connectivity index (χ3v) is 5.49. The largest absolute Gasteiger partial charge is 0.307 e. The SMILES string of the molecule is CC(NC1CCS(=O)(=O)CC1)c1ccc(F)c(Cl)c1. The molecule has 1 aromatic rings. The van der Waals surface area contributed by atoms with E-state index >= 15 is 0 Å². The summed E-state index contributed by atoms with van der Waals surface area (Å²) in [6, 6.07) is 4.85. The van der Waals surface area contributed by atoms with E-state index in [9.17, 15) is 12.8 Å². The molecule has 0 aromatic heterocycles. The van der Waals surface area contributed by atoms with Crippen molar-refractivity contribution in [1.82, 2.24) is 5.32 Å². The van der Waals surface area contributed by atoms with E-state index < -0.39 is 15.7 Å². The Morgan fingerprint density at radius 3 is 2.58 bits per heavy atom. The van der Waals surface area contributed by atoms with Gasteiger partial charge in [0.1, 0.15) is 15.7 Å². The number of rotatable bonds is 3. The zero-order valence-corrected chi connectivity index (χ0v) is 12.3. The van der Waals surface area contributed by atoms with Crippen LogP contribution in [0.15, 0.2) is 18.2 Å². The lowest BCUT2D eigenvalue weighted by Gasteiger charge is -2.27. The predicted octanol–water partition coefficient (Wildman–Crippen LogP) is 2.71. The molecule has 6 heteroatoms. The van der Waals surface area contributed by atoms with Crippen LogP contribution in [0.2, 0.25) is 5.02 Å². The molecule has 0 saturated carbocycles. The van der Waals surface area contributed by atoms with Crippen LogP contribution in [0.3, 0.4) is 0 Å². The number of hydrogen-bond donors (Lipinski definition) is 1. The minimum Gasteiger partial charge on any atom is -0.307 e. The molecule has 1 N–H and O–H groups in total. The first-order valence-corrected chi connectivity index (χ1v) is 8.49. The molecule has 0 aliphatic carbocycles. The van der Waals surface area contributed by atoms with Gasteiger partial charge in [0.15, 0.2) is 0 Å². The maximum Gasteiger partial charge on any atom is 0.150 e. The minimum atomic E-state index is -2.84. The van der Waals surface area contributed by atoms with Gasteiger partial charge in [-0.1, -0.05) is 17.7 Å². The van der Waals surface area contributed by atoms with Gasteiger partial charge < -0.3 is 5.32 Å². The summed E-state index contributed by atoms with van der Waals surface area (Å²) in [4.78, 5) is 0. The van der Waals surface area contributed by atoms with E-state index in [4.69, 9.17) is 11.6 Å². The number of benzene rings is 1. The number of sulfone groups is 1. The molecule has 19 heavy (non-hydrogen) atoms. The average Bonchev–Trinajstić information content (AvgIpc) is 2.35. The highest BCUT2D eigenvalue weighted by molar-refractivity contribution is 7.91. The minimum absolute atomic E-state index is 0.0175. The van der Waals surface area contributed by atoms with Gasteiger partial charge in [0.2, 0.25) is 0 Å². The fourth-order valence-electron chi connectivity index (χ4n) is 2.29. The summed E-state index contributed by atoms with van der Waals surface area (Å²) in [6.45, 7) is 1.96. The lowest BCUT2D eigenvalue weighted by Crippen LogP contribution is -2.38. The molecule has 106 valence electrons. The lowest BCUT2D eigenvalue weighted by atomic mass is 10.1. The summed E-state index contributed by atoms with van der Waals surface area (Å²) < 4.78 is 35.8. The number of halogens is 2. The predicted molar refractivity (Wildman–Crippen MR) is 74.6 cm³/mol. The number of nitrogens with one attached hydrogen (secondary N) is 1. The summed E-state index contributed by atoms with van der Waals surface area (Å²) in [6.07, 6.45) is 1.25. The van der Waals surface area contributed by atoms with Gasteiger partial charge in [-0.3, -0.25) is 0 Å². The number of hydrogen-bond acceptors (Lipinski definition) is 3. The van der Waals surface area contributed by atoms with Crippen molar-refractivity contribution in [3.05, 3.63) is 34.6 Å². The quantitative estimate of drug-likeness (QED) is 0.934. The summed E-state index contributed by atoms with van der Waals surface area (Å²) >= 11 is 5.76. The Labute approximate surface area is 118 Å². The molecule has 1 saturated heterocycles. The van der Waals surface area contributed by atoms with Crippen molar-refractivity contribution in [1.29, 1.82) is 0 Å². The molecular formula is C13H17ClFNO2S. The third kappa shape index (κ3) is 3.91. The Hall–Kier alpha value is -0.650. The van der Waals surface area contributed by atoms with E-state index in [0.717, 1.165) is 5.56 Å². The Balaban J connectivity index is 1.97. The molecule has 2 rings (SSSR count). The van der Waals surface area contributed by atoms with E-state index in [1.165, 1.54) is 6.07 Å². The molecule has 0 bridgehead atoms. The standard InChI is InChI=1S/C13H17ClFNO2S/c1-9(10-2-3-13(15)12(14)8-10)16-11-4-6-19(17,18)7-5-11/h2-3,8-9,11,16H,4-7H2,1H3. The molecule has 1 unspecified atom stereocenters. The van der Waals surface area contributed by atoms with Crippen LogP contribution in [-0.2, 0) is 9.84 Å². The molecule has 1 aliphatic rings. The smallest absolute Gasteiger partial charge is 0.150 e. The van der Waals surface area contributed by atoms with Gasteiger partial charge in [0.05, 0.1) is 16.5 Å². The molecular weight excluding hydrogens is 289 g/mol. The normalized spacial score (nSPS) is 21.2. The molecule has 1 aliphatic heterocycles. The van der Waals surface area contributed by atoms with Crippen LogP contribution in [0, 0.1) is 5.82 Å². The highest BCUT2D eigenvalue weighted by atomic mass is 35.5. The van der Waals surface area contributed by atoms with Crippen LogP contribution in [-0.4, -0.2) is 26.0 Å². The van der Waals surface area contributed by atoms with Gasteiger partial charge in [0.25, 0.3) is 0 Å². The Morgan fingerprint density at radius 1 is 1.37 bits per heavy atom. The maximum atomic E-state index is 13.1. The fourth-order valence-corrected chi connectivity index (χ4v) is 3.97. The van der Waals surface area contributed by atoms with Crippen LogP contribution in [0.4, 0.5) is 4.39 Å². The average molecular weight is 306 g/mol. The fraction of sp³-hybridized carbons (Fsp3) is 0.538. The second kappa shape index (κ2) is 5.77. The van der Waals surface area contributed by atoms with Crippen molar-refractivity contribution in [2.24, 2.45) is 0 Å². The van der Waals surface area contributed by atoms with Gasteiger partial charge in [0, 0.05) is 12.1 Å². The van der Waals surface area contributed by atoms with Crippen LogP contribution in [0.1, 0.15) is 31.4 Å². The van der Waals surface area contributed by atoms with E-state index in [1.54, 1.807) is 12.1 Å². The highest BCUT2D eigenvalue weighted by Crippen LogP contribution is 2.22. The van der Waals surface area contributed by atoms with Crippen molar-refractivity contribution >= 4 is 21.4 Å². The van der Waals surface area contributed by atoms with Gasteiger partial charge in [-0.05, 0) is 37.5 Å². The van der Waals surface area contributed by atoms with Crippen LogP contribution in [0.5, 0.6) is 0 Å². The Morgan fingerprint density at radius 2 is 2.00 bits per heavy atom. The van der Waals surface area contributed by atoms with Crippen molar-refractivity contribution < 1.29 is 12.8 Å². The lowest BCUT2D eigenvalue weighted by molar-refractivity contribution is 0.420. The topological polar surface area (TPSA) is 46.2 Å². The first-order chi connectivity index (χ1) is 8.87. The maximum absolute atomic E-state index is 13.1. The van der Waals surface area contributed by atoms with Crippen LogP contribution in [0.25, 0.3) is 0 Å². The molecule has 0 radical (unpaired) electrons. The highest BCUT2D eigenvalue weighted by Gasteiger charge is 2.24. The van der Waals surface area contributed by atoms with Gasteiger partial charge >= 0.3 is 0 Å². The second-order valence-electron chi connectivity index (χ2n) is 4.99. The van der Waals surface area contributed by atoms with E-state index in [2.05, 4.69) is 5.32 Å². The van der Waals surface area contributed by atoms with Gasteiger partial charge in [-0.2, -0.15) is 0 Å². The Kier molecular flexibility index (Phi) is 4.48. The molecule has 3 nitrogen and oxygen atoms in total. The van der Waals surface area contributed by atoms with Crippen molar-refractivity contribution in [3.8, 4) is 0 Å². The van der Waals surface area contributed by atoms with Gasteiger partial charge in [-0.25, -0.2) is 12.8 Å². The zero-order valence-electron chi connectivity index (χ0n) is 10.7. The summed E-state index contributed by atoms with van der Waals surface area (Å²) in [7, 11) is -2.84. The van der Waals surface area contributed by atoms with E-state index in [0.29, 0.717) is 12.8 Å². The third-order valence-electron chi connectivity index (χ3n) is 3.48. The molecule has 1 aromatic carbocycles. The van der Waals surface area contributed by atoms with Crippen LogP contribution < -0.4 is 5.32 Å². The first kappa shape index (κ1) is 14.8. The molecule has 1 fully saturated rings. The Bertz CT molecular complexity index is 548. The molecule has 0 spiro atoms. The monoisotopic (exact) mass is 305 g/mol. The van der Waals surface area contributed by atoms with E-state index in [-0.39, 0.29) is 28.6 Å². The molecule has 0 amide bonds. The summed E-state index contributed by atoms with van der Waals surface area (Å²) in [5, 5.41) is 3.48. The van der Waals surface area contributed by atoms with Gasteiger partial charge in [-0.15, -0.1) is 0 Å². The summed E-state index contributed by atoms with van der Waals surface area (Å²) in [5.41, 5.74) is 0.903. The molecule has 1 heterocycles. The second-order valence-corrected chi connectivity index (χ2v) is 7.70. The zero-order chi connectivity index (χ0) is 14.0. The van der Waals surface area contributed by atoms with Crippen LogP contribution >= 0.6 is 11.6 Å². The van der Waals surface area contributed by atoms with E-state index in [1.807, 2.05) is 6.92 Å². The first-order valence-electron chi connectivity index (χ1n) is 6.29. The summed E-state index contributed by atoms with van der Waals surface area (Å²) in [5.74, 6) is 0.0460. The van der Waals surface area contributed by atoms with Crippen molar-refractivity contribution in [2.75, 3.05) is 11.5 Å². The van der Waals surface area contributed by atoms with Crippen molar-refractivity contribution in [2.45, 2.75) is 31.8 Å².